The van der Waals surface area contributed by atoms with Gasteiger partial charge in [-0.15, -0.1) is 11.3 Å². The molecule has 4 nitrogen and oxygen atoms in total. The van der Waals surface area contributed by atoms with Crippen LogP contribution in [0.3, 0.4) is 0 Å². The van der Waals surface area contributed by atoms with Gasteiger partial charge >= 0.3 is 5.97 Å². The minimum atomic E-state index is -0.467. The Hall–Kier alpha value is -1.79. The van der Waals surface area contributed by atoms with Gasteiger partial charge in [-0.2, -0.15) is 0 Å². The highest BCUT2D eigenvalue weighted by Crippen LogP contribution is 2.30. The number of ether oxygens (including phenoxy) is 1. The molecule has 0 saturated carbocycles. The molecule has 0 saturated heterocycles. The maximum absolute atomic E-state index is 13.0. The second-order valence-electron chi connectivity index (χ2n) is 3.99. The molecule has 1 heterocycles. The van der Waals surface area contributed by atoms with E-state index in [2.05, 4.69) is 10.1 Å². The van der Waals surface area contributed by atoms with Crippen molar-refractivity contribution in [1.82, 2.24) is 0 Å². The topological polar surface area (TPSA) is 64.3 Å². The van der Waals surface area contributed by atoms with Crippen molar-refractivity contribution in [1.29, 1.82) is 0 Å². The summed E-state index contributed by atoms with van der Waals surface area (Å²) in [5, 5.41) is 3.90. The SMILES string of the molecule is COC(=O)c1sc(NCc2ccc(F)c(Cl)c2)cc1N. The van der Waals surface area contributed by atoms with Crippen LogP contribution in [0.1, 0.15) is 15.2 Å². The fourth-order valence-corrected chi connectivity index (χ4v) is 2.68. The molecule has 0 aliphatic heterocycles. The van der Waals surface area contributed by atoms with Crippen molar-refractivity contribution in [2.75, 3.05) is 18.2 Å². The van der Waals surface area contributed by atoms with E-state index in [0.717, 1.165) is 10.6 Å². The molecule has 0 unspecified atom stereocenters. The third kappa shape index (κ3) is 3.20. The van der Waals surface area contributed by atoms with Gasteiger partial charge in [-0.25, -0.2) is 9.18 Å². The van der Waals surface area contributed by atoms with Crippen molar-refractivity contribution in [2.24, 2.45) is 0 Å². The van der Waals surface area contributed by atoms with Gasteiger partial charge in [-0.1, -0.05) is 17.7 Å². The summed E-state index contributed by atoms with van der Waals surface area (Å²) in [7, 11) is 1.30. The molecule has 0 bridgehead atoms. The first-order valence-electron chi connectivity index (χ1n) is 5.66. The molecule has 0 aliphatic carbocycles. The number of methoxy groups -OCH3 is 1. The molecular weight excluding hydrogens is 303 g/mol. The van der Waals surface area contributed by atoms with Crippen molar-refractivity contribution < 1.29 is 13.9 Å². The molecule has 0 radical (unpaired) electrons. The number of rotatable bonds is 4. The minimum Gasteiger partial charge on any atom is -0.465 e. The predicted octanol–water partition coefficient (Wildman–Crippen LogP) is 3.52. The number of benzene rings is 1. The molecule has 0 atom stereocenters. The Morgan fingerprint density at radius 1 is 1.50 bits per heavy atom. The fourth-order valence-electron chi connectivity index (χ4n) is 1.58. The van der Waals surface area contributed by atoms with Gasteiger partial charge in [-0.3, -0.25) is 0 Å². The van der Waals surface area contributed by atoms with E-state index in [4.69, 9.17) is 17.3 Å². The molecule has 0 amide bonds. The minimum absolute atomic E-state index is 0.0743. The number of nitrogen functional groups attached to an aromatic ring is 1. The van der Waals surface area contributed by atoms with Crippen LogP contribution >= 0.6 is 22.9 Å². The molecule has 0 spiro atoms. The number of carbonyl (C=O) groups is 1. The van der Waals surface area contributed by atoms with Gasteiger partial charge < -0.3 is 15.8 Å². The lowest BCUT2D eigenvalue weighted by atomic mass is 10.2. The van der Waals surface area contributed by atoms with Crippen molar-refractivity contribution in [3.63, 3.8) is 0 Å². The van der Waals surface area contributed by atoms with E-state index in [0.29, 0.717) is 17.1 Å². The molecule has 0 aliphatic rings. The van der Waals surface area contributed by atoms with Crippen LogP contribution in [0.2, 0.25) is 5.02 Å². The Morgan fingerprint density at radius 3 is 2.90 bits per heavy atom. The number of thiophene rings is 1. The Morgan fingerprint density at radius 2 is 2.25 bits per heavy atom. The fraction of sp³-hybridized carbons (Fsp3) is 0.154. The largest absolute Gasteiger partial charge is 0.465 e. The van der Waals surface area contributed by atoms with E-state index in [-0.39, 0.29) is 5.02 Å². The molecule has 0 fully saturated rings. The van der Waals surface area contributed by atoms with Crippen molar-refractivity contribution in [2.45, 2.75) is 6.54 Å². The van der Waals surface area contributed by atoms with Crippen LogP contribution in [-0.2, 0) is 11.3 Å². The Bertz CT molecular complexity index is 645. The summed E-state index contributed by atoms with van der Waals surface area (Å²) in [6.45, 7) is 0.445. The summed E-state index contributed by atoms with van der Waals surface area (Å²) in [5.74, 6) is -0.922. The second kappa shape index (κ2) is 6.11. The smallest absolute Gasteiger partial charge is 0.350 e. The van der Waals surface area contributed by atoms with Crippen molar-refractivity contribution in [3.05, 3.63) is 45.5 Å². The molecule has 3 N–H and O–H groups in total. The van der Waals surface area contributed by atoms with Gasteiger partial charge in [0, 0.05) is 6.54 Å². The molecule has 2 rings (SSSR count). The number of anilines is 2. The first-order chi connectivity index (χ1) is 9.51. The molecule has 7 heteroatoms. The third-order valence-corrected chi connectivity index (χ3v) is 3.96. The van der Waals surface area contributed by atoms with E-state index in [1.807, 2.05) is 0 Å². The van der Waals surface area contributed by atoms with Gasteiger partial charge in [0.05, 0.1) is 22.8 Å². The van der Waals surface area contributed by atoms with Gasteiger partial charge in [0.1, 0.15) is 10.7 Å². The number of carbonyl (C=O) groups excluding carboxylic acids is 1. The lowest BCUT2D eigenvalue weighted by Crippen LogP contribution is -2.01. The van der Waals surface area contributed by atoms with Crippen molar-refractivity contribution >= 4 is 39.6 Å². The highest BCUT2D eigenvalue weighted by Gasteiger charge is 2.14. The normalized spacial score (nSPS) is 10.3. The number of nitrogens with one attached hydrogen (secondary N) is 1. The van der Waals surface area contributed by atoms with Gasteiger partial charge in [0.15, 0.2) is 0 Å². The number of nitrogens with two attached hydrogens (primary N) is 1. The highest BCUT2D eigenvalue weighted by molar-refractivity contribution is 7.18. The Balaban J connectivity index is 2.07. The van der Waals surface area contributed by atoms with Gasteiger partial charge in [-0.05, 0) is 23.8 Å². The predicted molar refractivity (Wildman–Crippen MR) is 78.8 cm³/mol. The van der Waals surface area contributed by atoms with E-state index >= 15 is 0 Å². The highest BCUT2D eigenvalue weighted by atomic mass is 35.5. The quantitative estimate of drug-likeness (QED) is 0.847. The first kappa shape index (κ1) is 14.6. The van der Waals surface area contributed by atoms with Crippen molar-refractivity contribution in [3.8, 4) is 0 Å². The Labute approximate surface area is 124 Å². The summed E-state index contributed by atoms with van der Waals surface area (Å²) in [6, 6.07) is 6.14. The molecular formula is C13H12ClFN2O2S. The average molecular weight is 315 g/mol. The lowest BCUT2D eigenvalue weighted by Gasteiger charge is -2.04. The standard InChI is InChI=1S/C13H12ClFN2O2S/c1-19-13(18)12-10(16)5-11(20-12)17-6-7-2-3-9(15)8(14)4-7/h2-5,17H,6,16H2,1H3. The van der Waals surface area contributed by atoms with Crippen LogP contribution < -0.4 is 11.1 Å². The number of halogens is 2. The number of esters is 1. The molecule has 20 heavy (non-hydrogen) atoms. The van der Waals surface area contributed by atoms with E-state index < -0.39 is 11.8 Å². The summed E-state index contributed by atoms with van der Waals surface area (Å²) in [6.07, 6.45) is 0. The molecule has 1 aromatic heterocycles. The van der Waals surface area contributed by atoms with Gasteiger partial charge in [0.25, 0.3) is 0 Å². The van der Waals surface area contributed by atoms with Crippen LogP contribution in [0.25, 0.3) is 0 Å². The first-order valence-corrected chi connectivity index (χ1v) is 6.86. The van der Waals surface area contributed by atoms with Crippen LogP contribution in [-0.4, -0.2) is 13.1 Å². The second-order valence-corrected chi connectivity index (χ2v) is 5.45. The monoisotopic (exact) mass is 314 g/mol. The summed E-state index contributed by atoms with van der Waals surface area (Å²) in [5.41, 5.74) is 6.91. The van der Waals surface area contributed by atoms with Crippen LogP contribution in [0.5, 0.6) is 0 Å². The molecule has 106 valence electrons. The summed E-state index contributed by atoms with van der Waals surface area (Å²) >= 11 is 6.90. The van der Waals surface area contributed by atoms with E-state index in [1.54, 1.807) is 18.2 Å². The maximum atomic E-state index is 13.0. The maximum Gasteiger partial charge on any atom is 0.350 e. The average Bonchev–Trinajstić information content (AvgIpc) is 2.80. The summed E-state index contributed by atoms with van der Waals surface area (Å²) in [4.78, 5) is 11.8. The molecule has 2 aromatic rings. The third-order valence-electron chi connectivity index (χ3n) is 2.58. The van der Waals surface area contributed by atoms with Crippen LogP contribution in [0.15, 0.2) is 24.3 Å². The van der Waals surface area contributed by atoms with E-state index in [9.17, 15) is 9.18 Å². The zero-order chi connectivity index (χ0) is 14.7. The van der Waals surface area contributed by atoms with E-state index in [1.165, 1.54) is 24.5 Å². The number of hydrogen-bond acceptors (Lipinski definition) is 5. The lowest BCUT2D eigenvalue weighted by molar-refractivity contribution is 0.0607. The molecule has 1 aromatic carbocycles. The Kier molecular flexibility index (Phi) is 4.46. The number of hydrogen-bond donors (Lipinski definition) is 2. The van der Waals surface area contributed by atoms with Crippen LogP contribution in [0, 0.1) is 5.82 Å². The van der Waals surface area contributed by atoms with Gasteiger partial charge in [0.2, 0.25) is 0 Å². The summed E-state index contributed by atoms with van der Waals surface area (Å²) < 4.78 is 17.7. The zero-order valence-electron chi connectivity index (χ0n) is 10.6. The van der Waals surface area contributed by atoms with Crippen LogP contribution in [0.4, 0.5) is 15.1 Å². The zero-order valence-corrected chi connectivity index (χ0v) is 12.1.